The van der Waals surface area contributed by atoms with Crippen LogP contribution in [0, 0.1) is 6.92 Å². The number of benzene rings is 2. The first kappa shape index (κ1) is 16.5. The van der Waals surface area contributed by atoms with E-state index < -0.39 is 6.03 Å². The number of rotatable bonds is 6. The first-order valence-corrected chi connectivity index (χ1v) is 7.08. The van der Waals surface area contributed by atoms with E-state index in [0.29, 0.717) is 22.9 Å². The Hall–Kier alpha value is -2.89. The quantitative estimate of drug-likeness (QED) is 0.803. The minimum absolute atomic E-state index is 0.0567. The van der Waals surface area contributed by atoms with E-state index in [9.17, 15) is 4.79 Å². The van der Waals surface area contributed by atoms with Crippen LogP contribution in [0.3, 0.4) is 0 Å². The lowest BCUT2D eigenvalue weighted by Gasteiger charge is -2.13. The average molecular weight is 316 g/mol. The molecule has 0 aliphatic heterocycles. The van der Waals surface area contributed by atoms with Crippen LogP contribution in [-0.4, -0.2) is 27.0 Å². The van der Waals surface area contributed by atoms with Gasteiger partial charge in [-0.05, 0) is 31.2 Å². The number of hydrogen-bond donors (Lipinski definition) is 2. The van der Waals surface area contributed by atoms with Gasteiger partial charge in [0, 0.05) is 6.07 Å². The van der Waals surface area contributed by atoms with E-state index in [-0.39, 0.29) is 6.73 Å². The van der Waals surface area contributed by atoms with E-state index in [2.05, 4.69) is 10.6 Å². The molecule has 6 heteroatoms. The Morgan fingerprint density at radius 2 is 1.70 bits per heavy atom. The van der Waals surface area contributed by atoms with Gasteiger partial charge in [-0.15, -0.1) is 0 Å². The van der Waals surface area contributed by atoms with Crippen LogP contribution in [0.15, 0.2) is 42.5 Å². The first-order chi connectivity index (χ1) is 11.1. The number of nitrogens with one attached hydrogen (secondary N) is 2. The molecule has 0 aliphatic rings. The van der Waals surface area contributed by atoms with Gasteiger partial charge in [0.15, 0.2) is 6.73 Å². The van der Waals surface area contributed by atoms with Crippen molar-refractivity contribution >= 4 is 11.7 Å². The van der Waals surface area contributed by atoms with Gasteiger partial charge in [0.2, 0.25) is 0 Å². The predicted octanol–water partition coefficient (Wildman–Crippen LogP) is 3.17. The second-order valence-electron chi connectivity index (χ2n) is 4.80. The third-order valence-electron chi connectivity index (χ3n) is 3.15. The van der Waals surface area contributed by atoms with E-state index in [1.165, 1.54) is 7.11 Å². The number of urea groups is 1. The zero-order valence-electron chi connectivity index (χ0n) is 13.4. The Kier molecular flexibility index (Phi) is 5.68. The van der Waals surface area contributed by atoms with E-state index >= 15 is 0 Å². The summed E-state index contributed by atoms with van der Waals surface area (Å²) in [6, 6.07) is 12.3. The number of aryl methyl sites for hydroxylation is 1. The van der Waals surface area contributed by atoms with Gasteiger partial charge in [-0.1, -0.05) is 17.7 Å². The molecule has 0 radical (unpaired) electrons. The molecule has 2 N–H and O–H groups in total. The smallest absolute Gasteiger partial charge is 0.321 e. The fourth-order valence-electron chi connectivity index (χ4n) is 1.90. The van der Waals surface area contributed by atoms with Crippen LogP contribution in [0.1, 0.15) is 5.56 Å². The van der Waals surface area contributed by atoms with Crippen molar-refractivity contribution in [3.05, 3.63) is 48.0 Å². The van der Waals surface area contributed by atoms with Crippen LogP contribution in [-0.2, 0) is 0 Å². The van der Waals surface area contributed by atoms with Crippen LogP contribution in [0.2, 0.25) is 0 Å². The van der Waals surface area contributed by atoms with E-state index in [4.69, 9.17) is 14.2 Å². The maximum Gasteiger partial charge on any atom is 0.321 e. The third kappa shape index (κ3) is 4.81. The van der Waals surface area contributed by atoms with Gasteiger partial charge in [-0.25, -0.2) is 4.79 Å². The monoisotopic (exact) mass is 316 g/mol. The number of carbonyl (C=O) groups is 1. The third-order valence-corrected chi connectivity index (χ3v) is 3.15. The summed E-state index contributed by atoms with van der Waals surface area (Å²) < 4.78 is 15.8. The van der Waals surface area contributed by atoms with Gasteiger partial charge in [0.1, 0.15) is 17.2 Å². The molecule has 0 atom stereocenters. The van der Waals surface area contributed by atoms with Crippen LogP contribution in [0.4, 0.5) is 10.5 Å². The molecule has 0 heterocycles. The molecule has 122 valence electrons. The molecular weight excluding hydrogens is 296 g/mol. The minimum atomic E-state index is -0.399. The molecule has 0 fully saturated rings. The molecule has 2 aromatic rings. The normalized spacial score (nSPS) is 9.87. The van der Waals surface area contributed by atoms with Gasteiger partial charge >= 0.3 is 6.03 Å². The van der Waals surface area contributed by atoms with E-state index in [1.54, 1.807) is 25.3 Å². The highest BCUT2D eigenvalue weighted by molar-refractivity contribution is 5.91. The van der Waals surface area contributed by atoms with E-state index in [1.807, 2.05) is 31.2 Å². The van der Waals surface area contributed by atoms with Crippen molar-refractivity contribution in [1.29, 1.82) is 0 Å². The van der Waals surface area contributed by atoms with Gasteiger partial charge in [0.25, 0.3) is 0 Å². The maximum absolute atomic E-state index is 11.9. The van der Waals surface area contributed by atoms with Crippen LogP contribution in [0.25, 0.3) is 0 Å². The molecular formula is C17H20N2O4. The van der Waals surface area contributed by atoms with Crippen molar-refractivity contribution in [1.82, 2.24) is 5.32 Å². The molecule has 0 saturated heterocycles. The van der Waals surface area contributed by atoms with Crippen molar-refractivity contribution in [2.24, 2.45) is 0 Å². The lowest BCUT2D eigenvalue weighted by molar-refractivity contribution is 0.234. The van der Waals surface area contributed by atoms with Crippen molar-refractivity contribution in [3.8, 4) is 17.2 Å². The van der Waals surface area contributed by atoms with Crippen molar-refractivity contribution in [3.63, 3.8) is 0 Å². The van der Waals surface area contributed by atoms with Crippen LogP contribution < -0.4 is 24.8 Å². The lowest BCUT2D eigenvalue weighted by atomic mass is 10.2. The molecule has 2 rings (SSSR count). The molecule has 0 bridgehead atoms. The summed E-state index contributed by atoms with van der Waals surface area (Å²) in [5.41, 5.74) is 1.66. The fourth-order valence-corrected chi connectivity index (χ4v) is 1.90. The highest BCUT2D eigenvalue weighted by Crippen LogP contribution is 2.28. The number of amides is 2. The Labute approximate surface area is 135 Å². The predicted molar refractivity (Wildman–Crippen MR) is 88.4 cm³/mol. The van der Waals surface area contributed by atoms with Crippen molar-refractivity contribution in [2.75, 3.05) is 26.3 Å². The number of hydrogen-bond acceptors (Lipinski definition) is 4. The minimum Gasteiger partial charge on any atom is -0.497 e. The largest absolute Gasteiger partial charge is 0.497 e. The summed E-state index contributed by atoms with van der Waals surface area (Å²) in [5.74, 6) is 1.85. The molecule has 0 aromatic heterocycles. The number of methoxy groups -OCH3 is 2. The lowest BCUT2D eigenvalue weighted by Crippen LogP contribution is -2.32. The summed E-state index contributed by atoms with van der Waals surface area (Å²) in [6.07, 6.45) is 0. The first-order valence-electron chi connectivity index (χ1n) is 7.08. The zero-order chi connectivity index (χ0) is 16.7. The Bertz CT molecular complexity index is 656. The van der Waals surface area contributed by atoms with Gasteiger partial charge < -0.3 is 24.8 Å². The summed E-state index contributed by atoms with van der Waals surface area (Å²) in [7, 11) is 3.09. The highest BCUT2D eigenvalue weighted by atomic mass is 16.5. The summed E-state index contributed by atoms with van der Waals surface area (Å²) in [5, 5.41) is 5.31. The molecule has 23 heavy (non-hydrogen) atoms. The second kappa shape index (κ2) is 7.93. The summed E-state index contributed by atoms with van der Waals surface area (Å²) in [6.45, 7) is 2.05. The van der Waals surface area contributed by atoms with Crippen molar-refractivity contribution in [2.45, 2.75) is 6.92 Å². The fraction of sp³-hybridized carbons (Fsp3) is 0.235. The Balaban J connectivity index is 1.88. The highest BCUT2D eigenvalue weighted by Gasteiger charge is 2.08. The van der Waals surface area contributed by atoms with Gasteiger partial charge in [0.05, 0.1) is 19.9 Å². The Morgan fingerprint density at radius 1 is 1.00 bits per heavy atom. The standard InChI is InChI=1S/C17H20N2O4/c1-12-4-6-13(7-5-12)23-11-18-17(20)19-15-10-14(21-2)8-9-16(15)22-3/h4-10H,11H2,1-3H3,(H2,18,19,20). The second-order valence-corrected chi connectivity index (χ2v) is 4.80. The topological polar surface area (TPSA) is 68.8 Å². The number of carbonyl (C=O) groups excluding carboxylic acids is 1. The molecule has 2 aromatic carbocycles. The number of ether oxygens (including phenoxy) is 3. The van der Waals surface area contributed by atoms with Crippen molar-refractivity contribution < 1.29 is 19.0 Å². The van der Waals surface area contributed by atoms with Gasteiger partial charge in [-0.3, -0.25) is 0 Å². The maximum atomic E-state index is 11.9. The van der Waals surface area contributed by atoms with Gasteiger partial charge in [-0.2, -0.15) is 0 Å². The molecule has 2 amide bonds. The number of anilines is 1. The molecule has 6 nitrogen and oxygen atoms in total. The van der Waals surface area contributed by atoms with Crippen LogP contribution >= 0.6 is 0 Å². The molecule has 0 saturated carbocycles. The zero-order valence-corrected chi connectivity index (χ0v) is 13.4. The molecule has 0 spiro atoms. The van der Waals surface area contributed by atoms with Crippen LogP contribution in [0.5, 0.6) is 17.2 Å². The van der Waals surface area contributed by atoms with E-state index in [0.717, 1.165) is 5.56 Å². The average Bonchev–Trinajstić information content (AvgIpc) is 2.56. The summed E-state index contributed by atoms with van der Waals surface area (Å²) >= 11 is 0. The Morgan fingerprint density at radius 3 is 2.35 bits per heavy atom. The summed E-state index contributed by atoms with van der Waals surface area (Å²) in [4.78, 5) is 11.9. The molecule has 0 unspecified atom stereocenters. The molecule has 0 aliphatic carbocycles. The SMILES string of the molecule is COc1ccc(OC)c(NC(=O)NCOc2ccc(C)cc2)c1.